The molecule has 3 rings (SSSR count). The van der Waals surface area contributed by atoms with E-state index in [-0.39, 0.29) is 18.4 Å². The SMILES string of the molecule is Cl.Nc1nc(N)c(-c2ccccc2)c(CCCOc2ccccc2)n1. The molecule has 130 valence electrons. The van der Waals surface area contributed by atoms with Gasteiger partial charge in [0.25, 0.3) is 0 Å². The Bertz CT molecular complexity index is 797. The number of aryl methyl sites for hydroxylation is 1. The van der Waals surface area contributed by atoms with Crippen LogP contribution < -0.4 is 16.2 Å². The molecule has 0 aliphatic carbocycles. The standard InChI is InChI=1S/C19H20N4O.ClH/c20-18-17(14-8-3-1-4-9-14)16(22-19(21)23-18)12-7-13-24-15-10-5-2-6-11-15;/h1-6,8-11H,7,12-13H2,(H4,20,21,22,23);1H. The van der Waals surface area contributed by atoms with Crippen LogP contribution >= 0.6 is 12.4 Å². The van der Waals surface area contributed by atoms with E-state index in [9.17, 15) is 0 Å². The first-order valence-corrected chi connectivity index (χ1v) is 7.89. The summed E-state index contributed by atoms with van der Waals surface area (Å²) in [5.74, 6) is 1.47. The fraction of sp³-hybridized carbons (Fsp3) is 0.158. The molecule has 1 aromatic heterocycles. The maximum atomic E-state index is 6.09. The van der Waals surface area contributed by atoms with Gasteiger partial charge in [-0.1, -0.05) is 48.5 Å². The number of hydrogen-bond acceptors (Lipinski definition) is 5. The smallest absolute Gasteiger partial charge is 0.222 e. The normalized spacial score (nSPS) is 10.1. The lowest BCUT2D eigenvalue weighted by atomic mass is 10.0. The quantitative estimate of drug-likeness (QED) is 0.657. The Balaban J connectivity index is 0.00000225. The maximum Gasteiger partial charge on any atom is 0.222 e. The number of rotatable bonds is 6. The summed E-state index contributed by atoms with van der Waals surface area (Å²) >= 11 is 0. The van der Waals surface area contributed by atoms with Crippen molar-refractivity contribution in [1.29, 1.82) is 0 Å². The number of nitrogens with zero attached hydrogens (tertiary/aromatic N) is 2. The van der Waals surface area contributed by atoms with E-state index in [0.29, 0.717) is 18.8 Å². The number of anilines is 2. The van der Waals surface area contributed by atoms with Crippen molar-refractivity contribution in [2.75, 3.05) is 18.1 Å². The molecule has 2 aromatic carbocycles. The van der Waals surface area contributed by atoms with Crippen LogP contribution in [0.3, 0.4) is 0 Å². The van der Waals surface area contributed by atoms with Gasteiger partial charge in [-0.05, 0) is 30.5 Å². The van der Waals surface area contributed by atoms with Gasteiger partial charge in [0.2, 0.25) is 5.95 Å². The third-order valence-electron chi connectivity index (χ3n) is 3.66. The fourth-order valence-electron chi connectivity index (χ4n) is 2.59. The molecule has 0 fully saturated rings. The van der Waals surface area contributed by atoms with Crippen LogP contribution in [0.2, 0.25) is 0 Å². The van der Waals surface area contributed by atoms with Crippen molar-refractivity contribution in [3.05, 3.63) is 66.4 Å². The molecule has 0 spiro atoms. The van der Waals surface area contributed by atoms with Gasteiger partial charge in [0.05, 0.1) is 12.3 Å². The molecule has 3 aromatic rings. The Hall–Kier alpha value is -2.79. The van der Waals surface area contributed by atoms with Gasteiger partial charge in [-0.15, -0.1) is 12.4 Å². The van der Waals surface area contributed by atoms with E-state index < -0.39 is 0 Å². The highest BCUT2D eigenvalue weighted by molar-refractivity contribution is 5.85. The lowest BCUT2D eigenvalue weighted by molar-refractivity contribution is 0.310. The second-order valence-electron chi connectivity index (χ2n) is 5.42. The highest BCUT2D eigenvalue weighted by atomic mass is 35.5. The van der Waals surface area contributed by atoms with Gasteiger partial charge < -0.3 is 16.2 Å². The lowest BCUT2D eigenvalue weighted by Gasteiger charge is -2.12. The topological polar surface area (TPSA) is 87.0 Å². The second kappa shape index (κ2) is 8.89. The zero-order valence-corrected chi connectivity index (χ0v) is 14.6. The Kier molecular flexibility index (Phi) is 6.60. The molecule has 1 heterocycles. The minimum absolute atomic E-state index is 0. The minimum atomic E-state index is 0. The van der Waals surface area contributed by atoms with Gasteiger partial charge in [-0.2, -0.15) is 4.98 Å². The summed E-state index contributed by atoms with van der Waals surface area (Å²) in [6.07, 6.45) is 1.53. The van der Waals surface area contributed by atoms with Crippen molar-refractivity contribution in [2.24, 2.45) is 0 Å². The number of nitrogens with two attached hydrogens (primary N) is 2. The molecule has 0 radical (unpaired) electrons. The Morgan fingerprint density at radius 2 is 1.48 bits per heavy atom. The Morgan fingerprint density at radius 3 is 2.16 bits per heavy atom. The van der Waals surface area contributed by atoms with Crippen LogP contribution in [0.5, 0.6) is 5.75 Å². The van der Waals surface area contributed by atoms with E-state index in [1.165, 1.54) is 0 Å². The summed E-state index contributed by atoms with van der Waals surface area (Å²) in [4.78, 5) is 8.49. The summed E-state index contributed by atoms with van der Waals surface area (Å²) in [6.45, 7) is 0.599. The van der Waals surface area contributed by atoms with E-state index in [0.717, 1.165) is 29.0 Å². The summed E-state index contributed by atoms with van der Waals surface area (Å²) in [5.41, 5.74) is 14.6. The molecule has 25 heavy (non-hydrogen) atoms. The van der Waals surface area contributed by atoms with E-state index in [2.05, 4.69) is 9.97 Å². The molecule has 0 unspecified atom stereocenters. The molecule has 5 nitrogen and oxygen atoms in total. The van der Waals surface area contributed by atoms with Gasteiger partial charge >= 0.3 is 0 Å². The molecule has 6 heteroatoms. The molecule has 0 saturated carbocycles. The predicted molar refractivity (Wildman–Crippen MR) is 104 cm³/mol. The van der Waals surface area contributed by atoms with Gasteiger partial charge in [-0.3, -0.25) is 0 Å². The first kappa shape index (κ1) is 18.5. The number of hydrogen-bond donors (Lipinski definition) is 2. The molecule has 0 bridgehead atoms. The van der Waals surface area contributed by atoms with Crippen LogP contribution in [0, 0.1) is 0 Å². The van der Waals surface area contributed by atoms with Crippen molar-refractivity contribution in [2.45, 2.75) is 12.8 Å². The lowest BCUT2D eigenvalue weighted by Crippen LogP contribution is -2.08. The van der Waals surface area contributed by atoms with Crippen molar-refractivity contribution in [1.82, 2.24) is 9.97 Å². The van der Waals surface area contributed by atoms with Crippen molar-refractivity contribution in [3.8, 4) is 16.9 Å². The number of aromatic nitrogens is 2. The van der Waals surface area contributed by atoms with Crippen LogP contribution in [0.1, 0.15) is 12.1 Å². The molecular weight excluding hydrogens is 336 g/mol. The predicted octanol–water partition coefficient (Wildman–Crippen LogP) is 3.74. The molecule has 0 aliphatic rings. The second-order valence-corrected chi connectivity index (χ2v) is 5.42. The van der Waals surface area contributed by atoms with Crippen LogP contribution in [-0.4, -0.2) is 16.6 Å². The summed E-state index contributed by atoms with van der Waals surface area (Å²) in [7, 11) is 0. The number of ether oxygens (including phenoxy) is 1. The Labute approximate surface area is 153 Å². The van der Waals surface area contributed by atoms with Gasteiger partial charge in [0.1, 0.15) is 11.6 Å². The van der Waals surface area contributed by atoms with Crippen LogP contribution in [0.25, 0.3) is 11.1 Å². The highest BCUT2D eigenvalue weighted by Crippen LogP contribution is 2.28. The summed E-state index contributed by atoms with van der Waals surface area (Å²) in [6, 6.07) is 19.6. The molecule has 0 amide bonds. The number of benzene rings is 2. The molecule has 0 atom stereocenters. The zero-order valence-electron chi connectivity index (χ0n) is 13.8. The molecular formula is C19H21ClN4O. The maximum absolute atomic E-state index is 6.09. The van der Waals surface area contributed by atoms with E-state index in [4.69, 9.17) is 16.2 Å². The van der Waals surface area contributed by atoms with Crippen molar-refractivity contribution in [3.63, 3.8) is 0 Å². The molecule has 0 aliphatic heterocycles. The van der Waals surface area contributed by atoms with Crippen molar-refractivity contribution >= 4 is 24.2 Å². The number of halogens is 1. The van der Waals surface area contributed by atoms with E-state index in [1.54, 1.807) is 0 Å². The van der Waals surface area contributed by atoms with Crippen LogP contribution in [0.15, 0.2) is 60.7 Å². The van der Waals surface area contributed by atoms with E-state index in [1.807, 2.05) is 60.7 Å². The van der Waals surface area contributed by atoms with Crippen LogP contribution in [-0.2, 0) is 6.42 Å². The fourth-order valence-corrected chi connectivity index (χ4v) is 2.59. The third-order valence-corrected chi connectivity index (χ3v) is 3.66. The monoisotopic (exact) mass is 356 g/mol. The van der Waals surface area contributed by atoms with Gasteiger partial charge in [0.15, 0.2) is 0 Å². The average molecular weight is 357 g/mol. The molecule has 4 N–H and O–H groups in total. The van der Waals surface area contributed by atoms with Gasteiger partial charge in [-0.25, -0.2) is 4.98 Å². The molecule has 0 saturated heterocycles. The third kappa shape index (κ3) is 4.84. The number of nitrogen functional groups attached to an aromatic ring is 2. The number of para-hydroxylation sites is 1. The van der Waals surface area contributed by atoms with Gasteiger partial charge in [0, 0.05) is 5.56 Å². The Morgan fingerprint density at radius 1 is 0.840 bits per heavy atom. The van der Waals surface area contributed by atoms with Crippen molar-refractivity contribution < 1.29 is 4.74 Å². The zero-order chi connectivity index (χ0) is 16.8. The summed E-state index contributed by atoms with van der Waals surface area (Å²) < 4.78 is 5.73. The minimum Gasteiger partial charge on any atom is -0.494 e. The highest BCUT2D eigenvalue weighted by Gasteiger charge is 2.13. The summed E-state index contributed by atoms with van der Waals surface area (Å²) in [5, 5.41) is 0. The first-order chi connectivity index (χ1) is 11.7. The first-order valence-electron chi connectivity index (χ1n) is 7.89. The van der Waals surface area contributed by atoms with E-state index >= 15 is 0 Å². The average Bonchev–Trinajstić information content (AvgIpc) is 2.60. The van der Waals surface area contributed by atoms with Crippen LogP contribution in [0.4, 0.5) is 11.8 Å². The largest absolute Gasteiger partial charge is 0.494 e.